The van der Waals surface area contributed by atoms with Crippen LogP contribution in [-0.2, 0) is 0 Å². The molecule has 12 aromatic rings. The molecule has 292 valence electrons. The van der Waals surface area contributed by atoms with Crippen LogP contribution in [0.15, 0.2) is 216 Å². The third-order valence-corrected chi connectivity index (χ3v) is 12.9. The monoisotopic (exact) mass is 794 g/mol. The van der Waals surface area contributed by atoms with Crippen LogP contribution in [0.5, 0.6) is 0 Å². The average molecular weight is 795 g/mol. The van der Waals surface area contributed by atoms with Gasteiger partial charge in [0.05, 0.1) is 33.1 Å². The summed E-state index contributed by atoms with van der Waals surface area (Å²) in [5.41, 5.74) is 14.5. The maximum Gasteiger partial charge on any atom is 0.151 e. The minimum absolute atomic E-state index is 0.265. The van der Waals surface area contributed by atoms with E-state index < -0.39 is 0 Å². The largest absolute Gasteiger partial charge is 0.456 e. The minimum atomic E-state index is -0.265. The molecule has 5 nitrogen and oxygen atoms in total. The Balaban J connectivity index is 0.937. The van der Waals surface area contributed by atoms with Gasteiger partial charge in [0.15, 0.2) is 6.17 Å². The summed E-state index contributed by atoms with van der Waals surface area (Å²) in [6.45, 7) is 0. The van der Waals surface area contributed by atoms with Gasteiger partial charge in [-0.2, -0.15) is 0 Å². The Hall–Kier alpha value is -8.15. The third kappa shape index (κ3) is 5.12. The van der Waals surface area contributed by atoms with Crippen molar-refractivity contribution in [1.29, 1.82) is 0 Å². The number of rotatable bonds is 5. The van der Waals surface area contributed by atoms with Crippen LogP contribution in [-0.4, -0.2) is 21.1 Å². The van der Waals surface area contributed by atoms with Crippen LogP contribution >= 0.6 is 0 Å². The van der Waals surface area contributed by atoms with Gasteiger partial charge in [-0.05, 0) is 89.5 Å². The van der Waals surface area contributed by atoms with Crippen molar-refractivity contribution in [2.75, 3.05) is 7.05 Å². The molecule has 0 bridgehead atoms. The van der Waals surface area contributed by atoms with E-state index in [4.69, 9.17) is 9.41 Å². The highest BCUT2D eigenvalue weighted by atomic mass is 16.3. The second-order valence-corrected chi connectivity index (χ2v) is 16.4. The highest BCUT2D eigenvalue weighted by molar-refractivity contribution is 6.13. The lowest BCUT2D eigenvalue weighted by Gasteiger charge is -2.32. The number of hydrogen-bond donors (Lipinski definition) is 0. The van der Waals surface area contributed by atoms with E-state index in [0.29, 0.717) is 0 Å². The number of benzene rings is 9. The molecule has 1 atom stereocenters. The number of aromatic nitrogens is 2. The second kappa shape index (κ2) is 13.4. The van der Waals surface area contributed by atoms with Crippen LogP contribution in [0.2, 0.25) is 0 Å². The molecule has 0 fully saturated rings. The predicted octanol–water partition coefficient (Wildman–Crippen LogP) is 12.9. The summed E-state index contributed by atoms with van der Waals surface area (Å²) in [4.78, 5) is 7.62. The number of nitrogens with zero attached hydrogens (tertiary/aromatic N) is 4. The van der Waals surface area contributed by atoms with Gasteiger partial charge in [-0.1, -0.05) is 133 Å². The van der Waals surface area contributed by atoms with Gasteiger partial charge in [0.25, 0.3) is 0 Å². The Morgan fingerprint density at radius 3 is 1.71 bits per heavy atom. The number of para-hydroxylation sites is 5. The molecular weight excluding hydrogens is 757 g/mol. The molecular formula is C57H38N4O. The molecule has 3 aromatic heterocycles. The molecule has 9 aromatic carbocycles. The first-order chi connectivity index (χ1) is 30.7. The first-order valence-corrected chi connectivity index (χ1v) is 21.2. The van der Waals surface area contributed by atoms with Crippen molar-refractivity contribution in [3.8, 4) is 22.5 Å². The highest BCUT2D eigenvalue weighted by Crippen LogP contribution is 2.41. The van der Waals surface area contributed by atoms with Crippen LogP contribution in [0.4, 0.5) is 0 Å². The van der Waals surface area contributed by atoms with E-state index >= 15 is 0 Å². The Morgan fingerprint density at radius 2 is 1.00 bits per heavy atom. The van der Waals surface area contributed by atoms with E-state index in [1.165, 1.54) is 49.2 Å². The van der Waals surface area contributed by atoms with Gasteiger partial charge in [0.1, 0.15) is 11.2 Å². The molecule has 0 saturated carbocycles. The molecule has 13 rings (SSSR count). The average Bonchev–Trinajstić information content (AvgIpc) is 3.99. The Morgan fingerprint density at radius 1 is 0.419 bits per heavy atom. The van der Waals surface area contributed by atoms with Crippen molar-refractivity contribution in [2.45, 2.75) is 6.17 Å². The lowest BCUT2D eigenvalue weighted by atomic mass is 10.0. The van der Waals surface area contributed by atoms with E-state index in [1.807, 2.05) is 0 Å². The second-order valence-electron chi connectivity index (χ2n) is 16.4. The quantitative estimate of drug-likeness (QED) is 0.174. The van der Waals surface area contributed by atoms with E-state index in [1.54, 1.807) is 0 Å². The molecule has 0 saturated heterocycles. The van der Waals surface area contributed by atoms with Crippen LogP contribution in [0.25, 0.3) is 93.7 Å². The Bertz CT molecular complexity index is 3890. The molecule has 4 heterocycles. The van der Waals surface area contributed by atoms with E-state index in [0.717, 1.165) is 66.2 Å². The van der Waals surface area contributed by atoms with Crippen molar-refractivity contribution in [2.24, 2.45) is 4.99 Å². The Labute approximate surface area is 356 Å². The molecule has 62 heavy (non-hydrogen) atoms. The van der Waals surface area contributed by atoms with Gasteiger partial charge in [0, 0.05) is 61.5 Å². The van der Waals surface area contributed by atoms with Crippen LogP contribution in [0, 0.1) is 0 Å². The first-order valence-electron chi connectivity index (χ1n) is 21.2. The molecule has 0 radical (unpaired) electrons. The molecule has 0 N–H and O–H groups in total. The van der Waals surface area contributed by atoms with Crippen molar-refractivity contribution in [1.82, 2.24) is 14.0 Å². The molecule has 0 aliphatic carbocycles. The maximum absolute atomic E-state index is 6.80. The molecule has 1 aliphatic rings. The lowest BCUT2D eigenvalue weighted by Crippen LogP contribution is -2.40. The summed E-state index contributed by atoms with van der Waals surface area (Å²) >= 11 is 0. The van der Waals surface area contributed by atoms with Gasteiger partial charge in [0.2, 0.25) is 0 Å². The summed E-state index contributed by atoms with van der Waals surface area (Å²) in [5.74, 6) is 0. The zero-order chi connectivity index (χ0) is 40.9. The third-order valence-electron chi connectivity index (χ3n) is 12.9. The zero-order valence-corrected chi connectivity index (χ0v) is 33.9. The van der Waals surface area contributed by atoms with Crippen molar-refractivity contribution < 1.29 is 4.42 Å². The number of fused-ring (bicyclic) bond motifs is 10. The summed E-state index contributed by atoms with van der Waals surface area (Å²) < 4.78 is 11.6. The normalized spacial score (nSPS) is 14.1. The fourth-order valence-electron chi connectivity index (χ4n) is 10.1. The molecule has 0 spiro atoms. The van der Waals surface area contributed by atoms with Gasteiger partial charge < -0.3 is 18.5 Å². The molecule has 0 amide bonds. The summed E-state index contributed by atoms with van der Waals surface area (Å²) in [6.07, 6.45) is -0.265. The van der Waals surface area contributed by atoms with Crippen molar-refractivity contribution >= 4 is 71.2 Å². The molecule has 1 aliphatic heterocycles. The van der Waals surface area contributed by atoms with Crippen LogP contribution < -0.4 is 10.6 Å². The van der Waals surface area contributed by atoms with E-state index in [-0.39, 0.29) is 6.17 Å². The van der Waals surface area contributed by atoms with E-state index in [2.05, 4.69) is 227 Å². The topological polar surface area (TPSA) is 38.6 Å². The maximum atomic E-state index is 6.80. The smallest absolute Gasteiger partial charge is 0.151 e. The standard InChI is InChI=1S/C57H38N4O/c1-59-55(36-15-4-2-5-16-36)44-21-8-11-24-49(44)58-57(59)45-23-14-22-43-48-35-40(29-32-54(48)62-56(43)45)61-51-26-13-10-20-42(51)47-34-38(28-31-53(47)61)37-27-30-52-46(33-37)41-19-9-12-25-50(41)60(52)39-17-6-3-7-18-39/h2-35,57H,1H3. The number of furan rings is 1. The van der Waals surface area contributed by atoms with Crippen LogP contribution in [0.3, 0.4) is 0 Å². The van der Waals surface area contributed by atoms with Gasteiger partial charge >= 0.3 is 0 Å². The van der Waals surface area contributed by atoms with Crippen molar-refractivity contribution in [3.63, 3.8) is 0 Å². The lowest BCUT2D eigenvalue weighted by molar-refractivity contribution is 0.351. The van der Waals surface area contributed by atoms with Gasteiger partial charge in [-0.3, -0.25) is 4.99 Å². The summed E-state index contributed by atoms with van der Waals surface area (Å²) in [5, 5.41) is 9.21. The van der Waals surface area contributed by atoms with Gasteiger partial charge in [-0.15, -0.1) is 0 Å². The SMILES string of the molecule is CN1C(c2ccccc2)=c2ccccc2=NC1c1cccc2c1oc1ccc(-n3c4ccccc4c4cc(-c5ccc6c(c5)c5ccccc5n6-c5ccccc5)ccc43)cc12. The molecule has 1 unspecified atom stereocenters. The van der Waals surface area contributed by atoms with E-state index in [9.17, 15) is 0 Å². The van der Waals surface area contributed by atoms with Crippen LogP contribution in [0.1, 0.15) is 17.3 Å². The minimum Gasteiger partial charge on any atom is -0.456 e. The predicted molar refractivity (Wildman–Crippen MR) is 255 cm³/mol. The number of hydrogen-bond acceptors (Lipinski definition) is 3. The first kappa shape index (κ1) is 34.7. The Kier molecular flexibility index (Phi) is 7.51. The van der Waals surface area contributed by atoms with Crippen molar-refractivity contribution in [3.05, 3.63) is 228 Å². The highest BCUT2D eigenvalue weighted by Gasteiger charge is 2.27. The zero-order valence-electron chi connectivity index (χ0n) is 33.9. The van der Waals surface area contributed by atoms with Gasteiger partial charge in [-0.25, -0.2) is 0 Å². The molecule has 5 heteroatoms. The summed E-state index contributed by atoms with van der Waals surface area (Å²) in [7, 11) is 2.14. The fraction of sp³-hybridized carbons (Fsp3) is 0.0351. The fourth-order valence-corrected chi connectivity index (χ4v) is 10.1. The summed E-state index contributed by atoms with van der Waals surface area (Å²) in [6, 6.07) is 74.1.